The molecule has 2 aromatic heterocycles. The van der Waals surface area contributed by atoms with E-state index in [9.17, 15) is 9.59 Å². The van der Waals surface area contributed by atoms with E-state index in [1.807, 2.05) is 12.1 Å². The number of aromatic nitrogens is 3. The summed E-state index contributed by atoms with van der Waals surface area (Å²) in [7, 11) is 0. The van der Waals surface area contributed by atoms with Crippen molar-refractivity contribution in [2.75, 3.05) is 11.9 Å². The summed E-state index contributed by atoms with van der Waals surface area (Å²) >= 11 is 0. The average Bonchev–Trinajstić information content (AvgIpc) is 3.10. The summed E-state index contributed by atoms with van der Waals surface area (Å²) in [5.41, 5.74) is 12.7. The standard InChI is InChI=1S/C17H16N6O3/c18-15(24)12-8-3-1-2-4-11(8)26-7-10(12)21-13-9-5-6-20-17(9)23-22-14(13)16(19)25/h1-6,10,12H,7H2,(H2,18,24)(H2,19,25)(H2,20,21,23). The van der Waals surface area contributed by atoms with Gasteiger partial charge >= 0.3 is 0 Å². The van der Waals surface area contributed by atoms with Crippen LogP contribution >= 0.6 is 0 Å². The molecule has 2 amide bonds. The molecule has 0 saturated heterocycles. The highest BCUT2D eigenvalue weighted by Crippen LogP contribution is 2.36. The molecule has 4 rings (SSSR count). The Bertz CT molecular complexity index is 1010. The van der Waals surface area contributed by atoms with Crippen molar-refractivity contribution in [3.63, 3.8) is 0 Å². The molecule has 1 aromatic carbocycles. The van der Waals surface area contributed by atoms with Crippen molar-refractivity contribution >= 4 is 28.5 Å². The van der Waals surface area contributed by atoms with Gasteiger partial charge in [-0.3, -0.25) is 9.59 Å². The number of primary amides is 2. The van der Waals surface area contributed by atoms with Crippen molar-refractivity contribution < 1.29 is 14.3 Å². The Kier molecular flexibility index (Phi) is 3.68. The van der Waals surface area contributed by atoms with E-state index in [-0.39, 0.29) is 12.3 Å². The molecule has 9 nitrogen and oxygen atoms in total. The van der Waals surface area contributed by atoms with Crippen molar-refractivity contribution in [1.82, 2.24) is 15.2 Å². The predicted molar refractivity (Wildman–Crippen MR) is 93.7 cm³/mol. The summed E-state index contributed by atoms with van der Waals surface area (Å²) in [6.07, 6.45) is 1.67. The first-order valence-electron chi connectivity index (χ1n) is 7.97. The maximum absolute atomic E-state index is 12.2. The monoisotopic (exact) mass is 352 g/mol. The summed E-state index contributed by atoms with van der Waals surface area (Å²) in [5, 5.41) is 11.6. The lowest BCUT2D eigenvalue weighted by atomic mass is 9.88. The lowest BCUT2D eigenvalue weighted by Gasteiger charge is -2.33. The number of carbonyl (C=O) groups excluding carboxylic acids is 2. The molecule has 0 saturated carbocycles. The highest BCUT2D eigenvalue weighted by Gasteiger charge is 2.36. The van der Waals surface area contributed by atoms with E-state index < -0.39 is 23.8 Å². The SMILES string of the molecule is NC(=O)c1nnc2[nH]ccc2c1NC1COc2ccccc2C1C(N)=O. The van der Waals surface area contributed by atoms with E-state index in [1.165, 1.54) is 0 Å². The topological polar surface area (TPSA) is 149 Å². The molecule has 0 fully saturated rings. The van der Waals surface area contributed by atoms with Crippen molar-refractivity contribution in [1.29, 1.82) is 0 Å². The molecule has 2 atom stereocenters. The minimum atomic E-state index is -0.726. The lowest BCUT2D eigenvalue weighted by Crippen LogP contribution is -2.43. The quantitative estimate of drug-likeness (QED) is 0.537. The first-order chi connectivity index (χ1) is 12.6. The number of nitrogens with zero attached hydrogens (tertiary/aromatic N) is 2. The Morgan fingerprint density at radius 1 is 1.19 bits per heavy atom. The number of rotatable bonds is 4. The third-order valence-corrected chi connectivity index (χ3v) is 4.43. The summed E-state index contributed by atoms with van der Waals surface area (Å²) < 4.78 is 5.75. The predicted octanol–water partition coefficient (Wildman–Crippen LogP) is 0.499. The molecule has 3 heterocycles. The highest BCUT2D eigenvalue weighted by atomic mass is 16.5. The van der Waals surface area contributed by atoms with E-state index >= 15 is 0 Å². The molecule has 132 valence electrons. The normalized spacial score (nSPS) is 18.8. The van der Waals surface area contributed by atoms with Gasteiger partial charge in [-0.1, -0.05) is 18.2 Å². The molecule has 6 N–H and O–H groups in total. The van der Waals surface area contributed by atoms with Gasteiger partial charge in [0, 0.05) is 17.1 Å². The van der Waals surface area contributed by atoms with Gasteiger partial charge in [-0.05, 0) is 12.1 Å². The number of fused-ring (bicyclic) bond motifs is 2. The number of H-pyrrole nitrogens is 1. The smallest absolute Gasteiger partial charge is 0.271 e. The van der Waals surface area contributed by atoms with Gasteiger partial charge in [0.15, 0.2) is 11.3 Å². The second-order valence-electron chi connectivity index (χ2n) is 6.01. The van der Waals surface area contributed by atoms with Gasteiger partial charge in [0.25, 0.3) is 5.91 Å². The van der Waals surface area contributed by atoms with E-state index in [2.05, 4.69) is 20.5 Å². The Morgan fingerprint density at radius 2 is 2.00 bits per heavy atom. The molecule has 0 bridgehead atoms. The van der Waals surface area contributed by atoms with Crippen LogP contribution in [0.3, 0.4) is 0 Å². The summed E-state index contributed by atoms with van der Waals surface area (Å²) in [5.74, 6) is -1.24. The fraction of sp³-hybridized carbons (Fsp3) is 0.176. The van der Waals surface area contributed by atoms with Gasteiger partial charge in [0.05, 0.1) is 17.6 Å². The molecule has 1 aliphatic heterocycles. The van der Waals surface area contributed by atoms with Gasteiger partial charge in [-0.15, -0.1) is 10.2 Å². The van der Waals surface area contributed by atoms with E-state index in [4.69, 9.17) is 16.2 Å². The van der Waals surface area contributed by atoms with Gasteiger partial charge < -0.3 is 26.5 Å². The number of nitrogens with two attached hydrogens (primary N) is 2. The molecule has 9 heteroatoms. The molecular formula is C17H16N6O3. The maximum atomic E-state index is 12.2. The molecule has 3 aromatic rings. The average molecular weight is 352 g/mol. The summed E-state index contributed by atoms with van der Waals surface area (Å²) in [6, 6.07) is 8.47. The van der Waals surface area contributed by atoms with Gasteiger partial charge in [0.2, 0.25) is 5.91 Å². The van der Waals surface area contributed by atoms with Crippen LogP contribution in [-0.2, 0) is 4.79 Å². The van der Waals surface area contributed by atoms with E-state index in [0.717, 1.165) is 0 Å². The lowest BCUT2D eigenvalue weighted by molar-refractivity contribution is -0.120. The Hall–Kier alpha value is -3.62. The minimum Gasteiger partial charge on any atom is -0.491 e. The number of amides is 2. The van der Waals surface area contributed by atoms with Gasteiger partial charge in [-0.25, -0.2) is 0 Å². The van der Waals surface area contributed by atoms with Crippen molar-refractivity contribution in [2.45, 2.75) is 12.0 Å². The molecule has 0 radical (unpaired) electrons. The number of hydrogen-bond acceptors (Lipinski definition) is 6. The maximum Gasteiger partial charge on any atom is 0.271 e. The van der Waals surface area contributed by atoms with Crippen LogP contribution in [0.1, 0.15) is 22.0 Å². The van der Waals surface area contributed by atoms with E-state index in [0.29, 0.717) is 28.0 Å². The number of benzene rings is 1. The first-order valence-corrected chi connectivity index (χ1v) is 7.97. The van der Waals surface area contributed by atoms with Crippen LogP contribution in [0.4, 0.5) is 5.69 Å². The Balaban J connectivity index is 1.79. The number of carbonyl (C=O) groups is 2. The van der Waals surface area contributed by atoms with Crippen LogP contribution in [0.25, 0.3) is 11.0 Å². The van der Waals surface area contributed by atoms with Crippen LogP contribution in [0.2, 0.25) is 0 Å². The first kappa shape index (κ1) is 15.9. The van der Waals surface area contributed by atoms with Crippen LogP contribution in [0.5, 0.6) is 5.75 Å². The number of ether oxygens (including phenoxy) is 1. The van der Waals surface area contributed by atoms with Crippen LogP contribution in [0.15, 0.2) is 36.5 Å². The zero-order valence-corrected chi connectivity index (χ0v) is 13.6. The fourth-order valence-corrected chi connectivity index (χ4v) is 3.26. The zero-order chi connectivity index (χ0) is 18.3. The largest absolute Gasteiger partial charge is 0.491 e. The molecule has 2 unspecified atom stereocenters. The number of hydrogen-bond donors (Lipinski definition) is 4. The molecule has 0 spiro atoms. The molecular weight excluding hydrogens is 336 g/mol. The minimum absolute atomic E-state index is 0.0146. The summed E-state index contributed by atoms with van der Waals surface area (Å²) in [4.78, 5) is 26.9. The number of para-hydroxylation sites is 1. The number of anilines is 1. The Morgan fingerprint density at radius 3 is 2.77 bits per heavy atom. The Labute approximate surface area is 147 Å². The van der Waals surface area contributed by atoms with Crippen LogP contribution < -0.4 is 21.5 Å². The van der Waals surface area contributed by atoms with Gasteiger partial charge in [0.1, 0.15) is 12.4 Å². The van der Waals surface area contributed by atoms with Crippen molar-refractivity contribution in [2.24, 2.45) is 11.5 Å². The molecule has 0 aliphatic carbocycles. The second kappa shape index (κ2) is 6.03. The molecule has 1 aliphatic rings. The van der Waals surface area contributed by atoms with Gasteiger partial charge in [-0.2, -0.15) is 0 Å². The zero-order valence-electron chi connectivity index (χ0n) is 13.6. The third kappa shape index (κ3) is 2.50. The molecule has 26 heavy (non-hydrogen) atoms. The van der Waals surface area contributed by atoms with Crippen LogP contribution in [-0.4, -0.2) is 39.6 Å². The van der Waals surface area contributed by atoms with Crippen molar-refractivity contribution in [3.8, 4) is 5.75 Å². The second-order valence-corrected chi connectivity index (χ2v) is 6.01. The fourth-order valence-electron chi connectivity index (χ4n) is 3.26. The van der Waals surface area contributed by atoms with E-state index in [1.54, 1.807) is 24.4 Å². The summed E-state index contributed by atoms with van der Waals surface area (Å²) in [6.45, 7) is 0.192. The van der Waals surface area contributed by atoms with Crippen LogP contribution in [0, 0.1) is 0 Å². The number of nitrogens with one attached hydrogen (secondary N) is 2. The third-order valence-electron chi connectivity index (χ3n) is 4.43. The highest BCUT2D eigenvalue weighted by molar-refractivity contribution is 6.04. The number of aromatic amines is 1. The van der Waals surface area contributed by atoms with Crippen molar-refractivity contribution in [3.05, 3.63) is 47.8 Å².